The average molecular weight is 249 g/mol. The minimum Gasteiger partial charge on any atom is -0.379 e. The number of ether oxygens (including phenoxy) is 1. The van der Waals surface area contributed by atoms with Gasteiger partial charge >= 0.3 is 0 Å². The van der Waals surface area contributed by atoms with E-state index in [1.165, 1.54) is 23.1 Å². The van der Waals surface area contributed by atoms with Crippen LogP contribution >= 0.6 is 0 Å². The van der Waals surface area contributed by atoms with E-state index in [1.807, 2.05) is 0 Å². The summed E-state index contributed by atoms with van der Waals surface area (Å²) in [4.78, 5) is 0. The molecule has 0 bridgehead atoms. The monoisotopic (exact) mass is 249 g/mol. The van der Waals surface area contributed by atoms with Crippen LogP contribution in [0.3, 0.4) is 0 Å². The van der Waals surface area contributed by atoms with Crippen LogP contribution in [0.15, 0.2) is 18.2 Å². The molecule has 0 aliphatic heterocycles. The maximum atomic E-state index is 5.78. The van der Waals surface area contributed by atoms with E-state index in [0.717, 1.165) is 26.2 Å². The van der Waals surface area contributed by atoms with Crippen molar-refractivity contribution in [1.29, 1.82) is 0 Å². The van der Waals surface area contributed by atoms with Gasteiger partial charge in [0.05, 0.1) is 12.6 Å². The Labute approximate surface area is 112 Å². The Kier molecular flexibility index (Phi) is 6.99. The molecule has 0 radical (unpaired) electrons. The van der Waals surface area contributed by atoms with Crippen LogP contribution < -0.4 is 5.32 Å². The number of likely N-dealkylation sites (N-methyl/N-ethyl adjacent to an activating group) is 1. The second kappa shape index (κ2) is 8.28. The predicted molar refractivity (Wildman–Crippen MR) is 78.1 cm³/mol. The second-order valence-electron chi connectivity index (χ2n) is 4.90. The second-order valence-corrected chi connectivity index (χ2v) is 4.90. The molecule has 18 heavy (non-hydrogen) atoms. The van der Waals surface area contributed by atoms with Gasteiger partial charge in [-0.05, 0) is 37.9 Å². The fraction of sp³-hybridized carbons (Fsp3) is 0.625. The molecule has 2 nitrogen and oxygen atoms in total. The highest BCUT2D eigenvalue weighted by molar-refractivity contribution is 5.33. The first kappa shape index (κ1) is 15.2. The van der Waals surface area contributed by atoms with Crippen molar-refractivity contribution < 1.29 is 4.74 Å². The molecule has 2 heteroatoms. The molecule has 0 saturated heterocycles. The SMILES string of the molecule is CCCCOCC(NCC)c1cc(C)ccc1C. The van der Waals surface area contributed by atoms with E-state index < -0.39 is 0 Å². The molecule has 1 unspecified atom stereocenters. The lowest BCUT2D eigenvalue weighted by Gasteiger charge is -2.21. The normalized spacial score (nSPS) is 12.7. The molecule has 0 saturated carbocycles. The lowest BCUT2D eigenvalue weighted by molar-refractivity contribution is 0.109. The van der Waals surface area contributed by atoms with Crippen LogP contribution in [-0.2, 0) is 4.74 Å². The first-order chi connectivity index (χ1) is 8.69. The van der Waals surface area contributed by atoms with Crippen molar-refractivity contribution in [1.82, 2.24) is 5.32 Å². The van der Waals surface area contributed by atoms with Gasteiger partial charge in [0, 0.05) is 6.61 Å². The van der Waals surface area contributed by atoms with Gasteiger partial charge in [0.2, 0.25) is 0 Å². The maximum absolute atomic E-state index is 5.78. The lowest BCUT2D eigenvalue weighted by atomic mass is 9.99. The van der Waals surface area contributed by atoms with E-state index in [-0.39, 0.29) is 0 Å². The van der Waals surface area contributed by atoms with Crippen LogP contribution in [0.2, 0.25) is 0 Å². The summed E-state index contributed by atoms with van der Waals surface area (Å²) in [5.74, 6) is 0. The molecule has 0 aromatic heterocycles. The van der Waals surface area contributed by atoms with E-state index in [1.54, 1.807) is 0 Å². The summed E-state index contributed by atoms with van der Waals surface area (Å²) in [5.41, 5.74) is 4.02. The summed E-state index contributed by atoms with van der Waals surface area (Å²) in [6.45, 7) is 11.2. The fourth-order valence-electron chi connectivity index (χ4n) is 2.09. The van der Waals surface area contributed by atoms with E-state index in [4.69, 9.17) is 4.74 Å². The van der Waals surface area contributed by atoms with E-state index in [2.05, 4.69) is 51.2 Å². The third-order valence-electron chi connectivity index (χ3n) is 3.19. The maximum Gasteiger partial charge on any atom is 0.0661 e. The summed E-state index contributed by atoms with van der Waals surface area (Å²) in [5, 5.41) is 3.52. The van der Waals surface area contributed by atoms with Crippen LogP contribution in [0, 0.1) is 13.8 Å². The van der Waals surface area contributed by atoms with Gasteiger partial charge in [-0.3, -0.25) is 0 Å². The summed E-state index contributed by atoms with van der Waals surface area (Å²) in [6, 6.07) is 6.94. The quantitative estimate of drug-likeness (QED) is 0.708. The van der Waals surface area contributed by atoms with Gasteiger partial charge in [0.15, 0.2) is 0 Å². The number of hydrogen-bond acceptors (Lipinski definition) is 2. The van der Waals surface area contributed by atoms with Crippen LogP contribution in [-0.4, -0.2) is 19.8 Å². The van der Waals surface area contributed by atoms with Crippen LogP contribution in [0.4, 0.5) is 0 Å². The number of nitrogens with one attached hydrogen (secondary N) is 1. The van der Waals surface area contributed by atoms with Crippen molar-refractivity contribution in [2.24, 2.45) is 0 Å². The largest absolute Gasteiger partial charge is 0.379 e. The van der Waals surface area contributed by atoms with Gasteiger partial charge in [-0.2, -0.15) is 0 Å². The highest BCUT2D eigenvalue weighted by Crippen LogP contribution is 2.19. The number of unbranched alkanes of at least 4 members (excludes halogenated alkanes) is 1. The first-order valence-corrected chi connectivity index (χ1v) is 7.07. The van der Waals surface area contributed by atoms with Gasteiger partial charge in [-0.15, -0.1) is 0 Å². The number of hydrogen-bond donors (Lipinski definition) is 1. The Morgan fingerprint density at radius 2 is 2.00 bits per heavy atom. The molecule has 0 spiro atoms. The topological polar surface area (TPSA) is 21.3 Å². The summed E-state index contributed by atoms with van der Waals surface area (Å²) >= 11 is 0. The van der Waals surface area contributed by atoms with Crippen molar-refractivity contribution >= 4 is 0 Å². The van der Waals surface area contributed by atoms with E-state index >= 15 is 0 Å². The van der Waals surface area contributed by atoms with E-state index in [9.17, 15) is 0 Å². The van der Waals surface area contributed by atoms with Crippen molar-refractivity contribution in [3.63, 3.8) is 0 Å². The summed E-state index contributed by atoms with van der Waals surface area (Å²) in [6.07, 6.45) is 2.33. The molecular weight excluding hydrogens is 222 g/mol. The Bertz CT molecular complexity index is 349. The number of aryl methyl sites for hydroxylation is 2. The zero-order valence-electron chi connectivity index (χ0n) is 12.3. The van der Waals surface area contributed by atoms with Crippen LogP contribution in [0.25, 0.3) is 0 Å². The van der Waals surface area contributed by atoms with Gasteiger partial charge in [0.25, 0.3) is 0 Å². The number of benzene rings is 1. The minimum absolute atomic E-state index is 0.312. The molecule has 1 aromatic rings. The Hall–Kier alpha value is -0.860. The lowest BCUT2D eigenvalue weighted by Crippen LogP contribution is -2.26. The van der Waals surface area contributed by atoms with Crippen molar-refractivity contribution in [2.75, 3.05) is 19.8 Å². The molecule has 1 N–H and O–H groups in total. The smallest absolute Gasteiger partial charge is 0.0661 e. The van der Waals surface area contributed by atoms with Crippen molar-refractivity contribution in [3.8, 4) is 0 Å². The Balaban J connectivity index is 2.67. The highest BCUT2D eigenvalue weighted by Gasteiger charge is 2.12. The number of rotatable bonds is 8. The molecule has 1 atom stereocenters. The third kappa shape index (κ3) is 4.79. The Morgan fingerprint density at radius 1 is 1.22 bits per heavy atom. The molecule has 0 heterocycles. The summed E-state index contributed by atoms with van der Waals surface area (Å²) in [7, 11) is 0. The third-order valence-corrected chi connectivity index (χ3v) is 3.19. The van der Waals surface area contributed by atoms with Gasteiger partial charge in [-0.1, -0.05) is 44.0 Å². The minimum atomic E-state index is 0.312. The van der Waals surface area contributed by atoms with Crippen LogP contribution in [0.5, 0.6) is 0 Å². The molecule has 0 fully saturated rings. The van der Waals surface area contributed by atoms with Gasteiger partial charge < -0.3 is 10.1 Å². The highest BCUT2D eigenvalue weighted by atomic mass is 16.5. The van der Waals surface area contributed by atoms with E-state index in [0.29, 0.717) is 6.04 Å². The van der Waals surface area contributed by atoms with Crippen molar-refractivity contribution in [2.45, 2.75) is 46.6 Å². The average Bonchev–Trinajstić information content (AvgIpc) is 2.36. The van der Waals surface area contributed by atoms with Crippen molar-refractivity contribution in [3.05, 3.63) is 34.9 Å². The molecule has 0 amide bonds. The predicted octanol–water partition coefficient (Wildman–Crippen LogP) is 3.77. The molecule has 1 aromatic carbocycles. The first-order valence-electron chi connectivity index (χ1n) is 7.07. The van der Waals surface area contributed by atoms with Crippen LogP contribution in [0.1, 0.15) is 49.4 Å². The molecule has 0 aliphatic carbocycles. The summed E-state index contributed by atoms with van der Waals surface area (Å²) < 4.78 is 5.78. The molecule has 1 rings (SSSR count). The standard InChI is InChI=1S/C16H27NO/c1-5-7-10-18-12-16(17-6-2)15-11-13(3)8-9-14(15)4/h8-9,11,16-17H,5-7,10,12H2,1-4H3. The Morgan fingerprint density at radius 3 is 2.67 bits per heavy atom. The molecular formula is C16H27NO. The fourth-order valence-corrected chi connectivity index (χ4v) is 2.09. The van der Waals surface area contributed by atoms with Gasteiger partial charge in [-0.25, -0.2) is 0 Å². The van der Waals surface area contributed by atoms with Gasteiger partial charge in [0.1, 0.15) is 0 Å². The zero-order chi connectivity index (χ0) is 13.4. The molecule has 102 valence electrons. The zero-order valence-corrected chi connectivity index (χ0v) is 12.3. The molecule has 0 aliphatic rings.